The first-order chi connectivity index (χ1) is 13.4. The number of ether oxygens (including phenoxy) is 2. The monoisotopic (exact) mass is 384 g/mol. The third kappa shape index (κ3) is 4.28. The van der Waals surface area contributed by atoms with Crippen LogP contribution in [0.5, 0.6) is 0 Å². The van der Waals surface area contributed by atoms with Crippen LogP contribution in [0.4, 0.5) is 0 Å². The van der Waals surface area contributed by atoms with Crippen LogP contribution in [0.1, 0.15) is 20.7 Å². The molecule has 0 saturated heterocycles. The second-order valence-corrected chi connectivity index (χ2v) is 6.46. The van der Waals surface area contributed by atoms with Crippen LogP contribution < -0.4 is 0 Å². The van der Waals surface area contributed by atoms with E-state index in [1.54, 1.807) is 60.7 Å². The summed E-state index contributed by atoms with van der Waals surface area (Å²) in [4.78, 5) is 24.1. The minimum Gasteiger partial charge on any atom is -0.459 e. The minimum absolute atomic E-state index is 0.287. The molecule has 0 spiro atoms. The lowest BCUT2D eigenvalue weighted by molar-refractivity contribution is -0.150. The van der Waals surface area contributed by atoms with Gasteiger partial charge in [0.15, 0.2) is 0 Å². The van der Waals surface area contributed by atoms with E-state index in [2.05, 4.69) is 0 Å². The average molecular weight is 384 g/mol. The Morgan fingerprint density at radius 3 is 2.00 bits per heavy atom. The maximum Gasteiger partial charge on any atom is 0.338 e. The summed E-state index contributed by atoms with van der Waals surface area (Å²) in [6.45, 7) is -0.575. The Kier molecular flexibility index (Phi) is 5.89. The van der Waals surface area contributed by atoms with E-state index in [0.717, 1.165) is 6.08 Å². The Bertz CT molecular complexity index is 850. The Labute approximate surface area is 161 Å². The van der Waals surface area contributed by atoms with Crippen LogP contribution >= 0.6 is 0 Å². The predicted molar refractivity (Wildman–Crippen MR) is 98.5 cm³/mol. The van der Waals surface area contributed by atoms with Crippen LogP contribution in [-0.2, 0) is 9.47 Å². The molecule has 0 amide bonds. The fraction of sp³-hybridized carbons (Fsp3) is 0.238. The highest BCUT2D eigenvalue weighted by Gasteiger charge is 2.46. The zero-order chi connectivity index (χ0) is 20.1. The molecule has 0 bridgehead atoms. The Morgan fingerprint density at radius 1 is 0.893 bits per heavy atom. The summed E-state index contributed by atoms with van der Waals surface area (Å²) in [7, 11) is 0. The minimum atomic E-state index is -2.01. The zero-order valence-electron chi connectivity index (χ0n) is 14.8. The van der Waals surface area contributed by atoms with Gasteiger partial charge in [0.2, 0.25) is 0 Å². The number of esters is 2. The topological polar surface area (TPSA) is 113 Å². The fourth-order valence-electron chi connectivity index (χ4n) is 2.80. The van der Waals surface area contributed by atoms with Crippen LogP contribution in [-0.4, -0.2) is 57.8 Å². The maximum atomic E-state index is 12.1. The molecule has 0 aliphatic heterocycles. The molecular formula is C21H20O7. The lowest BCUT2D eigenvalue weighted by Crippen LogP contribution is -2.57. The first-order valence-electron chi connectivity index (χ1n) is 8.67. The van der Waals surface area contributed by atoms with Gasteiger partial charge in [-0.05, 0) is 36.4 Å². The highest BCUT2D eigenvalue weighted by molar-refractivity contribution is 5.90. The van der Waals surface area contributed by atoms with Crippen molar-refractivity contribution in [2.45, 2.75) is 23.9 Å². The molecule has 0 heterocycles. The van der Waals surface area contributed by atoms with Crippen molar-refractivity contribution in [2.24, 2.45) is 0 Å². The summed E-state index contributed by atoms with van der Waals surface area (Å²) >= 11 is 0. The average Bonchev–Trinajstić information content (AvgIpc) is 2.74. The SMILES string of the molecule is O=C(OC[C@]1(O)C=C[C@H](OC(=O)c2ccccc2)[C@H](O)[C@H]1O)c1ccccc1. The molecule has 146 valence electrons. The number of hydrogen-bond donors (Lipinski definition) is 3. The molecule has 0 saturated carbocycles. The van der Waals surface area contributed by atoms with Gasteiger partial charge in [0.05, 0.1) is 11.1 Å². The quantitative estimate of drug-likeness (QED) is 0.522. The van der Waals surface area contributed by atoms with Gasteiger partial charge in [0.25, 0.3) is 0 Å². The van der Waals surface area contributed by atoms with Crippen molar-refractivity contribution in [2.75, 3.05) is 6.61 Å². The largest absolute Gasteiger partial charge is 0.459 e. The van der Waals surface area contributed by atoms with E-state index in [1.165, 1.54) is 6.08 Å². The lowest BCUT2D eigenvalue weighted by atomic mass is 9.85. The molecule has 2 aromatic carbocycles. The molecule has 0 unspecified atom stereocenters. The smallest absolute Gasteiger partial charge is 0.338 e. The summed E-state index contributed by atoms with van der Waals surface area (Å²) in [5.74, 6) is -1.36. The van der Waals surface area contributed by atoms with Crippen molar-refractivity contribution >= 4 is 11.9 Å². The summed E-state index contributed by atoms with van der Waals surface area (Å²) in [5, 5.41) is 31.1. The third-order valence-corrected chi connectivity index (χ3v) is 4.44. The molecule has 4 atom stereocenters. The number of aliphatic hydroxyl groups is 3. The van der Waals surface area contributed by atoms with Crippen molar-refractivity contribution < 1.29 is 34.4 Å². The molecule has 1 aliphatic rings. The number of hydrogen-bond acceptors (Lipinski definition) is 7. The van der Waals surface area contributed by atoms with Gasteiger partial charge in [-0.1, -0.05) is 36.4 Å². The van der Waals surface area contributed by atoms with Crippen molar-refractivity contribution in [1.29, 1.82) is 0 Å². The van der Waals surface area contributed by atoms with Crippen LogP contribution in [0, 0.1) is 0 Å². The second kappa shape index (κ2) is 8.35. The molecule has 0 radical (unpaired) electrons. The van der Waals surface area contributed by atoms with Crippen LogP contribution in [0.25, 0.3) is 0 Å². The molecular weight excluding hydrogens is 364 g/mol. The molecule has 0 fully saturated rings. The van der Waals surface area contributed by atoms with Crippen molar-refractivity contribution in [1.82, 2.24) is 0 Å². The van der Waals surface area contributed by atoms with Gasteiger partial charge in [0, 0.05) is 0 Å². The first kappa shape index (κ1) is 19.8. The molecule has 3 N–H and O–H groups in total. The number of carbonyl (C=O) groups excluding carboxylic acids is 2. The van der Waals surface area contributed by atoms with E-state index in [4.69, 9.17) is 9.47 Å². The molecule has 7 nitrogen and oxygen atoms in total. The van der Waals surface area contributed by atoms with Crippen LogP contribution in [0.3, 0.4) is 0 Å². The van der Waals surface area contributed by atoms with Gasteiger partial charge in [-0.25, -0.2) is 9.59 Å². The van der Waals surface area contributed by atoms with E-state index < -0.39 is 42.5 Å². The Hall–Kier alpha value is -3.00. The fourth-order valence-corrected chi connectivity index (χ4v) is 2.80. The standard InChI is InChI=1S/C21H20O7/c22-17-16(28-20(25)15-9-5-2-6-10-15)11-12-21(26,18(17)23)13-27-19(24)14-7-3-1-4-8-14/h1-12,16-18,22-23,26H,13H2/t16-,17-,18+,21+/m0/s1. The van der Waals surface area contributed by atoms with Crippen LogP contribution in [0.2, 0.25) is 0 Å². The van der Waals surface area contributed by atoms with Gasteiger partial charge in [-0.3, -0.25) is 0 Å². The lowest BCUT2D eigenvalue weighted by Gasteiger charge is -2.38. The van der Waals surface area contributed by atoms with E-state index in [0.29, 0.717) is 0 Å². The predicted octanol–water partition coefficient (Wildman–Crippen LogP) is 1.09. The summed E-state index contributed by atoms with van der Waals surface area (Å²) in [6, 6.07) is 16.3. The summed E-state index contributed by atoms with van der Waals surface area (Å²) in [6.07, 6.45) is -2.07. The third-order valence-electron chi connectivity index (χ3n) is 4.44. The van der Waals surface area contributed by atoms with E-state index in [9.17, 15) is 24.9 Å². The van der Waals surface area contributed by atoms with Gasteiger partial charge in [-0.2, -0.15) is 0 Å². The highest BCUT2D eigenvalue weighted by Crippen LogP contribution is 2.26. The highest BCUT2D eigenvalue weighted by atomic mass is 16.6. The molecule has 2 aromatic rings. The Balaban J connectivity index is 1.65. The molecule has 7 heteroatoms. The van der Waals surface area contributed by atoms with Gasteiger partial charge >= 0.3 is 11.9 Å². The summed E-state index contributed by atoms with van der Waals surface area (Å²) < 4.78 is 10.2. The Morgan fingerprint density at radius 2 is 1.43 bits per heavy atom. The number of aliphatic hydroxyl groups excluding tert-OH is 2. The van der Waals surface area contributed by atoms with E-state index >= 15 is 0 Å². The van der Waals surface area contributed by atoms with Crippen molar-refractivity contribution in [3.63, 3.8) is 0 Å². The zero-order valence-corrected chi connectivity index (χ0v) is 14.8. The van der Waals surface area contributed by atoms with Gasteiger partial charge in [-0.15, -0.1) is 0 Å². The molecule has 3 rings (SSSR count). The molecule has 0 aromatic heterocycles. The van der Waals surface area contributed by atoms with Gasteiger partial charge < -0.3 is 24.8 Å². The summed E-state index contributed by atoms with van der Waals surface area (Å²) in [5.41, 5.74) is -1.44. The number of benzene rings is 2. The van der Waals surface area contributed by atoms with Crippen molar-refractivity contribution in [3.05, 3.63) is 83.9 Å². The maximum absolute atomic E-state index is 12.1. The van der Waals surface area contributed by atoms with E-state index in [-0.39, 0.29) is 11.1 Å². The number of carbonyl (C=O) groups is 2. The normalized spacial score (nSPS) is 26.5. The number of rotatable bonds is 5. The first-order valence-corrected chi connectivity index (χ1v) is 8.67. The van der Waals surface area contributed by atoms with Crippen LogP contribution in [0.15, 0.2) is 72.8 Å². The second-order valence-electron chi connectivity index (χ2n) is 6.46. The van der Waals surface area contributed by atoms with Gasteiger partial charge in [0.1, 0.15) is 30.5 Å². The van der Waals surface area contributed by atoms with E-state index in [1.807, 2.05) is 0 Å². The van der Waals surface area contributed by atoms with Crippen molar-refractivity contribution in [3.8, 4) is 0 Å². The molecule has 28 heavy (non-hydrogen) atoms. The molecule has 1 aliphatic carbocycles.